The van der Waals surface area contributed by atoms with Gasteiger partial charge in [-0.3, -0.25) is 14.5 Å². The lowest BCUT2D eigenvalue weighted by Crippen LogP contribution is -2.27. The molecule has 0 fully saturated rings. The minimum absolute atomic E-state index is 0.292. The molecule has 6 heteroatoms. The Hall–Kier alpha value is -2.37. The van der Waals surface area contributed by atoms with Gasteiger partial charge in [-0.2, -0.15) is 0 Å². The van der Waals surface area contributed by atoms with Gasteiger partial charge in [-0.15, -0.1) is 0 Å². The zero-order chi connectivity index (χ0) is 13.4. The van der Waals surface area contributed by atoms with Gasteiger partial charge in [0.05, 0.1) is 11.1 Å². The summed E-state index contributed by atoms with van der Waals surface area (Å²) >= 11 is 0. The third-order valence-corrected chi connectivity index (χ3v) is 2.75. The molecule has 0 aliphatic carbocycles. The van der Waals surface area contributed by atoms with Crippen molar-refractivity contribution < 1.29 is 14.4 Å². The monoisotopic (exact) mass is 247 g/mol. The Balaban J connectivity index is 2.32. The van der Waals surface area contributed by atoms with Gasteiger partial charge in [0, 0.05) is 26.8 Å². The molecular formula is C12H13N3O3. The SMILES string of the molecule is CN(C)C(=O)Nc1ccc2c(c1)C(=O)N(C)C2=O. The van der Waals surface area contributed by atoms with Crippen molar-refractivity contribution in [3.05, 3.63) is 29.3 Å². The molecule has 4 amide bonds. The molecule has 2 rings (SSSR count). The van der Waals surface area contributed by atoms with Crippen molar-refractivity contribution in [1.29, 1.82) is 0 Å². The van der Waals surface area contributed by atoms with E-state index in [1.54, 1.807) is 26.2 Å². The molecule has 1 aliphatic rings. The number of carbonyl (C=O) groups is 3. The Morgan fingerprint density at radius 1 is 1.17 bits per heavy atom. The van der Waals surface area contributed by atoms with Crippen molar-refractivity contribution in [2.45, 2.75) is 0 Å². The topological polar surface area (TPSA) is 69.7 Å². The van der Waals surface area contributed by atoms with Crippen LogP contribution >= 0.6 is 0 Å². The number of benzene rings is 1. The molecule has 1 N–H and O–H groups in total. The van der Waals surface area contributed by atoms with Crippen LogP contribution in [0.5, 0.6) is 0 Å². The van der Waals surface area contributed by atoms with Crippen molar-refractivity contribution in [3.63, 3.8) is 0 Å². The standard InChI is InChI=1S/C12H13N3O3/c1-14(2)12(18)13-7-4-5-8-9(6-7)11(17)15(3)10(8)16/h4-6H,1-3H3,(H,13,18). The number of amides is 4. The number of urea groups is 1. The second-order valence-electron chi connectivity index (χ2n) is 4.25. The van der Waals surface area contributed by atoms with E-state index in [4.69, 9.17) is 0 Å². The highest BCUT2D eigenvalue weighted by Crippen LogP contribution is 2.24. The minimum Gasteiger partial charge on any atom is -0.331 e. The maximum absolute atomic E-state index is 11.8. The van der Waals surface area contributed by atoms with Crippen LogP contribution in [-0.4, -0.2) is 48.8 Å². The lowest BCUT2D eigenvalue weighted by Gasteiger charge is -2.12. The number of nitrogens with zero attached hydrogens (tertiary/aromatic N) is 2. The van der Waals surface area contributed by atoms with Crippen molar-refractivity contribution in [2.24, 2.45) is 0 Å². The molecule has 0 atom stereocenters. The first-order valence-electron chi connectivity index (χ1n) is 5.36. The molecule has 6 nitrogen and oxygen atoms in total. The largest absolute Gasteiger partial charge is 0.331 e. The number of imide groups is 1. The van der Waals surface area contributed by atoms with Crippen LogP contribution in [0.25, 0.3) is 0 Å². The molecule has 1 aliphatic heterocycles. The Labute approximate surface area is 104 Å². The highest BCUT2D eigenvalue weighted by Gasteiger charge is 2.32. The van der Waals surface area contributed by atoms with Gasteiger partial charge < -0.3 is 10.2 Å². The van der Waals surface area contributed by atoms with Crippen molar-refractivity contribution >= 4 is 23.5 Å². The van der Waals surface area contributed by atoms with Crippen LogP contribution < -0.4 is 5.32 Å². The molecule has 18 heavy (non-hydrogen) atoms. The summed E-state index contributed by atoms with van der Waals surface area (Å²) in [5.41, 5.74) is 1.17. The van der Waals surface area contributed by atoms with Gasteiger partial charge >= 0.3 is 6.03 Å². The molecule has 94 valence electrons. The molecule has 0 bridgehead atoms. The summed E-state index contributed by atoms with van der Waals surface area (Å²) in [5.74, 6) is -0.670. The summed E-state index contributed by atoms with van der Waals surface area (Å²) in [4.78, 5) is 37.3. The highest BCUT2D eigenvalue weighted by molar-refractivity contribution is 6.21. The average molecular weight is 247 g/mol. The molecule has 0 aromatic heterocycles. The van der Waals surface area contributed by atoms with E-state index in [0.717, 1.165) is 4.90 Å². The van der Waals surface area contributed by atoms with E-state index in [1.165, 1.54) is 18.0 Å². The van der Waals surface area contributed by atoms with Gasteiger partial charge in [-0.1, -0.05) is 0 Å². The van der Waals surface area contributed by atoms with Crippen LogP contribution in [0.2, 0.25) is 0 Å². The number of nitrogens with one attached hydrogen (secondary N) is 1. The van der Waals surface area contributed by atoms with Crippen LogP contribution in [0.3, 0.4) is 0 Å². The van der Waals surface area contributed by atoms with E-state index in [1.807, 2.05) is 0 Å². The maximum Gasteiger partial charge on any atom is 0.321 e. The van der Waals surface area contributed by atoms with Gasteiger partial charge in [0.25, 0.3) is 11.8 Å². The zero-order valence-electron chi connectivity index (χ0n) is 10.4. The number of hydrogen-bond donors (Lipinski definition) is 1. The van der Waals surface area contributed by atoms with Gasteiger partial charge in [-0.25, -0.2) is 4.79 Å². The molecule has 0 radical (unpaired) electrons. The van der Waals surface area contributed by atoms with E-state index in [-0.39, 0.29) is 17.8 Å². The Morgan fingerprint density at radius 2 is 1.78 bits per heavy atom. The molecule has 0 unspecified atom stereocenters. The third kappa shape index (κ3) is 1.81. The van der Waals surface area contributed by atoms with Crippen molar-refractivity contribution in [1.82, 2.24) is 9.80 Å². The fraction of sp³-hybridized carbons (Fsp3) is 0.250. The second kappa shape index (κ2) is 4.14. The Morgan fingerprint density at radius 3 is 2.39 bits per heavy atom. The molecular weight excluding hydrogens is 234 g/mol. The van der Waals surface area contributed by atoms with E-state index in [0.29, 0.717) is 16.8 Å². The summed E-state index contributed by atoms with van der Waals surface area (Å²) < 4.78 is 0. The lowest BCUT2D eigenvalue weighted by atomic mass is 10.1. The molecule has 0 saturated heterocycles. The van der Waals surface area contributed by atoms with E-state index in [9.17, 15) is 14.4 Å². The zero-order valence-corrected chi connectivity index (χ0v) is 10.4. The quantitative estimate of drug-likeness (QED) is 0.753. The van der Waals surface area contributed by atoms with Gasteiger partial charge in [0.1, 0.15) is 0 Å². The fourth-order valence-corrected chi connectivity index (χ4v) is 1.67. The minimum atomic E-state index is -0.351. The number of fused-ring (bicyclic) bond motifs is 1. The van der Waals surface area contributed by atoms with Crippen LogP contribution in [-0.2, 0) is 0 Å². The smallest absolute Gasteiger partial charge is 0.321 e. The molecule has 0 spiro atoms. The summed E-state index contributed by atoms with van der Waals surface area (Å²) in [6.07, 6.45) is 0. The molecule has 1 aromatic rings. The van der Waals surface area contributed by atoms with Gasteiger partial charge in [-0.05, 0) is 18.2 Å². The number of anilines is 1. The van der Waals surface area contributed by atoms with Gasteiger partial charge in [0.15, 0.2) is 0 Å². The van der Waals surface area contributed by atoms with Crippen molar-refractivity contribution in [2.75, 3.05) is 26.5 Å². The summed E-state index contributed by atoms with van der Waals surface area (Å²) in [5, 5.41) is 2.63. The van der Waals surface area contributed by atoms with Gasteiger partial charge in [0.2, 0.25) is 0 Å². The first-order valence-corrected chi connectivity index (χ1v) is 5.36. The second-order valence-corrected chi connectivity index (χ2v) is 4.25. The average Bonchev–Trinajstić information content (AvgIpc) is 2.54. The Bertz CT molecular complexity index is 551. The third-order valence-electron chi connectivity index (χ3n) is 2.75. The van der Waals surface area contributed by atoms with Crippen LogP contribution in [0.1, 0.15) is 20.7 Å². The summed E-state index contributed by atoms with van der Waals surface area (Å²) in [7, 11) is 4.67. The first kappa shape index (κ1) is 12.1. The lowest BCUT2D eigenvalue weighted by molar-refractivity contribution is 0.0693. The number of hydrogen-bond acceptors (Lipinski definition) is 3. The number of carbonyl (C=O) groups excluding carboxylic acids is 3. The fourth-order valence-electron chi connectivity index (χ4n) is 1.67. The molecule has 1 aromatic carbocycles. The summed E-state index contributed by atoms with van der Waals surface area (Å²) in [6, 6.07) is 4.37. The van der Waals surface area contributed by atoms with Crippen LogP contribution in [0.15, 0.2) is 18.2 Å². The van der Waals surface area contributed by atoms with E-state index in [2.05, 4.69) is 5.32 Å². The van der Waals surface area contributed by atoms with E-state index >= 15 is 0 Å². The molecule has 0 saturated carbocycles. The van der Waals surface area contributed by atoms with Crippen molar-refractivity contribution in [3.8, 4) is 0 Å². The highest BCUT2D eigenvalue weighted by atomic mass is 16.2. The first-order chi connectivity index (χ1) is 8.41. The number of rotatable bonds is 1. The van der Waals surface area contributed by atoms with E-state index < -0.39 is 0 Å². The van der Waals surface area contributed by atoms with Crippen LogP contribution in [0.4, 0.5) is 10.5 Å². The van der Waals surface area contributed by atoms with Crippen LogP contribution in [0, 0.1) is 0 Å². The normalized spacial score (nSPS) is 13.6. The predicted molar refractivity (Wildman–Crippen MR) is 65.6 cm³/mol. The maximum atomic E-state index is 11.8. The summed E-state index contributed by atoms with van der Waals surface area (Å²) in [6.45, 7) is 0. The Kier molecular flexibility index (Phi) is 2.78. The predicted octanol–water partition coefficient (Wildman–Crippen LogP) is 1.01. The molecule has 1 heterocycles.